The van der Waals surface area contributed by atoms with E-state index >= 15 is 0 Å². The van der Waals surface area contributed by atoms with Crippen molar-refractivity contribution in [1.82, 2.24) is 5.32 Å². The number of carbonyl (C=O) groups is 2. The van der Waals surface area contributed by atoms with Crippen LogP contribution in [0.1, 0.15) is 10.4 Å². The summed E-state index contributed by atoms with van der Waals surface area (Å²) in [6.07, 6.45) is -0.641. The molecule has 0 atom stereocenters. The van der Waals surface area contributed by atoms with Crippen LogP contribution in [0.3, 0.4) is 0 Å². The van der Waals surface area contributed by atoms with Crippen molar-refractivity contribution in [3.05, 3.63) is 48.0 Å². The highest BCUT2D eigenvalue weighted by Gasteiger charge is 2.08. The lowest BCUT2D eigenvalue weighted by molar-refractivity contribution is 0.1000. The molecular formula is C15H14N2O4. The van der Waals surface area contributed by atoms with Gasteiger partial charge in [0, 0.05) is 18.7 Å². The lowest BCUT2D eigenvalue weighted by atomic mass is 10.0. The fraction of sp³-hybridized carbons (Fsp3) is 0.0667. The van der Waals surface area contributed by atoms with E-state index in [1.165, 1.54) is 19.2 Å². The number of ether oxygens (including phenoxy) is 1. The molecule has 0 spiro atoms. The van der Waals surface area contributed by atoms with Gasteiger partial charge < -0.3 is 20.9 Å². The minimum Gasteiger partial charge on any atom is -0.508 e. The predicted molar refractivity (Wildman–Crippen MR) is 77.1 cm³/mol. The molecule has 2 rings (SSSR count). The lowest BCUT2D eigenvalue weighted by Gasteiger charge is -2.08. The summed E-state index contributed by atoms with van der Waals surface area (Å²) in [4.78, 5) is 22.4. The fourth-order valence-electron chi connectivity index (χ4n) is 1.82. The van der Waals surface area contributed by atoms with Crippen LogP contribution in [0.15, 0.2) is 42.5 Å². The number of hydrogen-bond acceptors (Lipinski definition) is 4. The van der Waals surface area contributed by atoms with Crippen molar-refractivity contribution < 1.29 is 19.4 Å². The van der Waals surface area contributed by atoms with Gasteiger partial charge in [-0.1, -0.05) is 12.1 Å². The Morgan fingerprint density at radius 1 is 1.14 bits per heavy atom. The molecular weight excluding hydrogens is 272 g/mol. The number of phenols is 1. The summed E-state index contributed by atoms with van der Waals surface area (Å²) in [6.45, 7) is 0. The highest BCUT2D eigenvalue weighted by atomic mass is 16.6. The van der Waals surface area contributed by atoms with E-state index in [-0.39, 0.29) is 11.5 Å². The molecule has 2 aromatic carbocycles. The number of carbonyl (C=O) groups excluding carboxylic acids is 2. The van der Waals surface area contributed by atoms with Gasteiger partial charge in [0.25, 0.3) is 0 Å². The Morgan fingerprint density at radius 2 is 1.90 bits per heavy atom. The quantitative estimate of drug-likeness (QED) is 0.801. The molecule has 21 heavy (non-hydrogen) atoms. The number of phenolic OH excluding ortho intramolecular Hbond substituents is 1. The summed E-state index contributed by atoms with van der Waals surface area (Å²) < 4.78 is 4.98. The summed E-state index contributed by atoms with van der Waals surface area (Å²) >= 11 is 0. The van der Waals surface area contributed by atoms with E-state index in [1.807, 2.05) is 0 Å². The van der Waals surface area contributed by atoms with Crippen molar-refractivity contribution >= 4 is 12.0 Å². The summed E-state index contributed by atoms with van der Waals surface area (Å²) in [6, 6.07) is 11.0. The first-order valence-corrected chi connectivity index (χ1v) is 6.13. The van der Waals surface area contributed by atoms with Gasteiger partial charge >= 0.3 is 6.09 Å². The summed E-state index contributed by atoms with van der Waals surface area (Å²) in [5, 5.41) is 12.0. The topological polar surface area (TPSA) is 102 Å². The molecule has 0 radical (unpaired) electrons. The van der Waals surface area contributed by atoms with Gasteiger partial charge in [0.15, 0.2) is 0 Å². The number of nitrogens with two attached hydrogens (primary N) is 1. The van der Waals surface area contributed by atoms with E-state index in [2.05, 4.69) is 5.32 Å². The number of primary amides is 1. The molecule has 4 N–H and O–H groups in total. The molecule has 0 saturated carbocycles. The van der Waals surface area contributed by atoms with Gasteiger partial charge in [-0.2, -0.15) is 0 Å². The van der Waals surface area contributed by atoms with Crippen LogP contribution in [0.25, 0.3) is 11.1 Å². The van der Waals surface area contributed by atoms with Gasteiger partial charge in [0.05, 0.1) is 0 Å². The Hall–Kier alpha value is -3.02. The fourth-order valence-corrected chi connectivity index (χ4v) is 1.82. The van der Waals surface area contributed by atoms with Crippen LogP contribution < -0.4 is 15.8 Å². The standard InChI is InChI=1S/C15H14N2O4/c1-17-15(20)21-13-7-11(6-12(18)8-13)9-3-2-4-10(5-9)14(16)19/h2-8,18H,1H3,(H2,16,19)(H,17,20). The summed E-state index contributed by atoms with van der Waals surface area (Å²) in [5.74, 6) is -0.413. The van der Waals surface area contributed by atoms with Gasteiger partial charge in [-0.05, 0) is 35.4 Å². The average Bonchev–Trinajstić information content (AvgIpc) is 2.46. The highest BCUT2D eigenvalue weighted by molar-refractivity contribution is 5.94. The maximum atomic E-state index is 11.2. The van der Waals surface area contributed by atoms with E-state index in [1.54, 1.807) is 30.3 Å². The molecule has 0 aliphatic carbocycles. The first-order valence-electron chi connectivity index (χ1n) is 6.13. The minimum absolute atomic E-state index is 0.0594. The molecule has 2 amide bonds. The predicted octanol–water partition coefficient (Wildman–Crippen LogP) is 1.88. The van der Waals surface area contributed by atoms with Crippen LogP contribution in [0, 0.1) is 0 Å². The first-order chi connectivity index (χ1) is 9.99. The molecule has 0 bridgehead atoms. The van der Waals surface area contributed by atoms with Crippen LogP contribution in [0.2, 0.25) is 0 Å². The summed E-state index contributed by atoms with van der Waals surface area (Å²) in [5.41, 5.74) is 6.85. The van der Waals surface area contributed by atoms with E-state index in [0.29, 0.717) is 16.7 Å². The highest BCUT2D eigenvalue weighted by Crippen LogP contribution is 2.29. The van der Waals surface area contributed by atoms with E-state index < -0.39 is 12.0 Å². The van der Waals surface area contributed by atoms with Crippen LogP contribution in [-0.4, -0.2) is 24.2 Å². The van der Waals surface area contributed by atoms with Crippen molar-refractivity contribution in [2.24, 2.45) is 5.73 Å². The van der Waals surface area contributed by atoms with Gasteiger partial charge in [-0.25, -0.2) is 4.79 Å². The molecule has 0 fully saturated rings. The molecule has 2 aromatic rings. The van der Waals surface area contributed by atoms with Gasteiger partial charge in [-0.3, -0.25) is 4.79 Å². The zero-order chi connectivity index (χ0) is 15.4. The molecule has 0 aliphatic heterocycles. The number of hydrogen-bond donors (Lipinski definition) is 3. The van der Waals surface area contributed by atoms with Gasteiger partial charge in [-0.15, -0.1) is 0 Å². The second kappa shape index (κ2) is 5.96. The maximum absolute atomic E-state index is 11.2. The maximum Gasteiger partial charge on any atom is 0.412 e. The van der Waals surface area contributed by atoms with Crippen molar-refractivity contribution in [1.29, 1.82) is 0 Å². The lowest BCUT2D eigenvalue weighted by Crippen LogP contribution is -2.21. The second-order valence-electron chi connectivity index (χ2n) is 4.30. The van der Waals surface area contributed by atoms with Crippen LogP contribution in [-0.2, 0) is 0 Å². The van der Waals surface area contributed by atoms with E-state index in [4.69, 9.17) is 10.5 Å². The normalized spacial score (nSPS) is 9.95. The number of amides is 2. The van der Waals surface area contributed by atoms with Crippen molar-refractivity contribution in [3.63, 3.8) is 0 Å². The molecule has 6 nitrogen and oxygen atoms in total. The van der Waals surface area contributed by atoms with Crippen molar-refractivity contribution in [3.8, 4) is 22.6 Å². The first kappa shape index (κ1) is 14.4. The number of rotatable bonds is 3. The number of benzene rings is 2. The molecule has 6 heteroatoms. The minimum atomic E-state index is -0.641. The third-order valence-corrected chi connectivity index (χ3v) is 2.79. The molecule has 0 unspecified atom stereocenters. The molecule has 0 aromatic heterocycles. The zero-order valence-corrected chi connectivity index (χ0v) is 11.3. The van der Waals surface area contributed by atoms with Crippen LogP contribution in [0.5, 0.6) is 11.5 Å². The second-order valence-corrected chi connectivity index (χ2v) is 4.30. The van der Waals surface area contributed by atoms with Crippen LogP contribution in [0.4, 0.5) is 4.79 Å². The molecule has 0 saturated heterocycles. The molecule has 0 heterocycles. The number of nitrogens with one attached hydrogen (secondary N) is 1. The van der Waals surface area contributed by atoms with Crippen molar-refractivity contribution in [2.75, 3.05) is 7.05 Å². The average molecular weight is 286 g/mol. The van der Waals surface area contributed by atoms with Gasteiger partial charge in [0.1, 0.15) is 11.5 Å². The SMILES string of the molecule is CNC(=O)Oc1cc(O)cc(-c2cccc(C(N)=O)c2)c1. The van der Waals surface area contributed by atoms with E-state index in [9.17, 15) is 14.7 Å². The molecule has 108 valence electrons. The van der Waals surface area contributed by atoms with Gasteiger partial charge in [0.2, 0.25) is 5.91 Å². The smallest absolute Gasteiger partial charge is 0.412 e. The Labute approximate surface area is 121 Å². The third-order valence-electron chi connectivity index (χ3n) is 2.79. The largest absolute Gasteiger partial charge is 0.508 e. The Balaban J connectivity index is 2.41. The zero-order valence-electron chi connectivity index (χ0n) is 11.3. The number of aromatic hydroxyl groups is 1. The Kier molecular flexibility index (Phi) is 4.08. The Morgan fingerprint density at radius 3 is 2.57 bits per heavy atom. The molecule has 0 aliphatic rings. The Bertz CT molecular complexity index is 698. The van der Waals surface area contributed by atoms with E-state index in [0.717, 1.165) is 0 Å². The summed E-state index contributed by atoms with van der Waals surface area (Å²) in [7, 11) is 1.43. The third kappa shape index (κ3) is 3.50. The van der Waals surface area contributed by atoms with Crippen LogP contribution >= 0.6 is 0 Å². The monoisotopic (exact) mass is 286 g/mol. The van der Waals surface area contributed by atoms with Crippen molar-refractivity contribution in [2.45, 2.75) is 0 Å².